The summed E-state index contributed by atoms with van der Waals surface area (Å²) >= 11 is 0. The fraction of sp³-hybridized carbons (Fsp3) is 0.286. The number of halogens is 1. The van der Waals surface area contributed by atoms with Gasteiger partial charge in [0.05, 0.1) is 12.2 Å². The number of aryl methyl sites for hydroxylation is 1. The van der Waals surface area contributed by atoms with Crippen molar-refractivity contribution in [2.45, 2.75) is 58.8 Å². The Morgan fingerprint density at radius 3 is 1.87 bits per heavy atom. The number of carbonyl (C=O) groups excluding carboxylic acids is 1. The van der Waals surface area contributed by atoms with Crippen LogP contribution in [-0.2, 0) is 6.42 Å². The van der Waals surface area contributed by atoms with Crippen molar-refractivity contribution >= 4 is 5.97 Å². The Morgan fingerprint density at radius 2 is 1.26 bits per heavy atom. The van der Waals surface area contributed by atoms with Crippen LogP contribution in [-0.4, -0.2) is 12.6 Å². The van der Waals surface area contributed by atoms with E-state index in [-0.39, 0.29) is 5.56 Å². The number of ether oxygens (including phenoxy) is 2. The predicted octanol–water partition coefficient (Wildman–Crippen LogP) is 9.68. The van der Waals surface area contributed by atoms with Crippen molar-refractivity contribution < 1.29 is 18.7 Å². The summed E-state index contributed by atoms with van der Waals surface area (Å²) in [5.74, 6) is 0.223. The quantitative estimate of drug-likeness (QED) is 0.0992. The third-order valence-corrected chi connectivity index (χ3v) is 6.81. The van der Waals surface area contributed by atoms with E-state index < -0.39 is 11.8 Å². The average molecular weight is 525 g/mol. The second-order valence-electron chi connectivity index (χ2n) is 9.84. The summed E-state index contributed by atoms with van der Waals surface area (Å²) in [6, 6.07) is 27.7. The maximum absolute atomic E-state index is 14.9. The van der Waals surface area contributed by atoms with E-state index in [0.29, 0.717) is 11.3 Å². The molecule has 0 N–H and O–H groups in total. The van der Waals surface area contributed by atoms with Crippen molar-refractivity contribution in [1.29, 1.82) is 0 Å². The summed E-state index contributed by atoms with van der Waals surface area (Å²) in [5.41, 5.74) is 4.72. The Morgan fingerprint density at radius 1 is 0.667 bits per heavy atom. The number of hydrogen-bond acceptors (Lipinski definition) is 3. The lowest BCUT2D eigenvalue weighted by atomic mass is 10.00. The third-order valence-electron chi connectivity index (χ3n) is 6.81. The second kappa shape index (κ2) is 14.3. The zero-order valence-electron chi connectivity index (χ0n) is 22.9. The Balaban J connectivity index is 1.35. The van der Waals surface area contributed by atoms with E-state index >= 15 is 0 Å². The molecule has 0 saturated heterocycles. The standard InChI is InChI=1S/C35H37FO3/c1-3-5-7-9-26-10-12-29(13-11-26)33-23-18-30(25-34(33)36)35(37)39-32-21-16-28(17-22-32)27-14-19-31(20-15-27)38-24-8-6-4-2/h10-23,25H,3-9,24H2,1-2H3. The van der Waals surface area contributed by atoms with Gasteiger partial charge in [0.25, 0.3) is 0 Å². The van der Waals surface area contributed by atoms with Crippen molar-refractivity contribution in [1.82, 2.24) is 0 Å². The van der Waals surface area contributed by atoms with Gasteiger partial charge in [0, 0.05) is 5.56 Å². The van der Waals surface area contributed by atoms with E-state index in [4.69, 9.17) is 9.47 Å². The highest BCUT2D eigenvalue weighted by atomic mass is 19.1. The monoisotopic (exact) mass is 524 g/mol. The number of rotatable bonds is 13. The molecular weight excluding hydrogens is 487 g/mol. The maximum atomic E-state index is 14.9. The van der Waals surface area contributed by atoms with E-state index in [1.54, 1.807) is 24.3 Å². The van der Waals surface area contributed by atoms with Crippen LogP contribution in [0.25, 0.3) is 22.3 Å². The van der Waals surface area contributed by atoms with Gasteiger partial charge in [-0.1, -0.05) is 94.1 Å². The molecule has 4 aromatic carbocycles. The van der Waals surface area contributed by atoms with Gasteiger partial charge in [0.1, 0.15) is 17.3 Å². The molecule has 3 nitrogen and oxygen atoms in total. The fourth-order valence-electron chi connectivity index (χ4n) is 4.47. The lowest BCUT2D eigenvalue weighted by molar-refractivity contribution is 0.0734. The third kappa shape index (κ3) is 8.03. The zero-order valence-corrected chi connectivity index (χ0v) is 22.9. The Hall–Kier alpha value is -3.92. The molecule has 4 heteroatoms. The Kier molecular flexibility index (Phi) is 10.3. The number of unbranched alkanes of at least 4 members (excludes halogenated alkanes) is 4. The first-order chi connectivity index (χ1) is 19.1. The first-order valence-electron chi connectivity index (χ1n) is 14.0. The van der Waals surface area contributed by atoms with Crippen LogP contribution in [0.3, 0.4) is 0 Å². The minimum absolute atomic E-state index is 0.172. The summed E-state index contributed by atoms with van der Waals surface area (Å²) in [6.45, 7) is 5.09. The SMILES string of the molecule is CCCCCOc1ccc(-c2ccc(OC(=O)c3ccc(-c4ccc(CCCCC)cc4)c(F)c3)cc2)cc1. The molecule has 0 fully saturated rings. The number of benzene rings is 4. The molecule has 0 radical (unpaired) electrons. The molecule has 0 aliphatic carbocycles. The van der Waals surface area contributed by atoms with Crippen LogP contribution in [0.2, 0.25) is 0 Å². The van der Waals surface area contributed by atoms with Crippen molar-refractivity contribution in [3.8, 4) is 33.8 Å². The van der Waals surface area contributed by atoms with E-state index in [0.717, 1.165) is 48.3 Å². The molecule has 0 spiro atoms. The molecule has 0 bridgehead atoms. The van der Waals surface area contributed by atoms with Gasteiger partial charge in [0.15, 0.2) is 0 Å². The van der Waals surface area contributed by atoms with Crippen LogP contribution >= 0.6 is 0 Å². The van der Waals surface area contributed by atoms with Crippen LogP contribution in [0.15, 0.2) is 91.0 Å². The van der Waals surface area contributed by atoms with Crippen molar-refractivity contribution in [3.63, 3.8) is 0 Å². The first-order valence-corrected chi connectivity index (χ1v) is 14.0. The summed E-state index contributed by atoms with van der Waals surface area (Å²) in [7, 11) is 0. The number of esters is 1. The molecule has 4 rings (SSSR count). The van der Waals surface area contributed by atoms with Crippen molar-refractivity contribution in [2.24, 2.45) is 0 Å². The molecule has 4 aromatic rings. The molecule has 0 aromatic heterocycles. The first kappa shape index (κ1) is 28.1. The van der Waals surface area contributed by atoms with E-state index in [9.17, 15) is 9.18 Å². The Labute approximate surface area is 231 Å². The molecule has 202 valence electrons. The smallest absolute Gasteiger partial charge is 0.343 e. The number of carbonyl (C=O) groups is 1. The van der Waals surface area contributed by atoms with Crippen LogP contribution in [0, 0.1) is 5.82 Å². The summed E-state index contributed by atoms with van der Waals surface area (Å²) < 4.78 is 26.2. The summed E-state index contributed by atoms with van der Waals surface area (Å²) in [6.07, 6.45) is 7.98. The highest BCUT2D eigenvalue weighted by Gasteiger charge is 2.13. The van der Waals surface area contributed by atoms with Crippen LogP contribution in [0.4, 0.5) is 4.39 Å². The van der Waals surface area contributed by atoms with Crippen molar-refractivity contribution in [2.75, 3.05) is 6.61 Å². The van der Waals surface area contributed by atoms with E-state index in [2.05, 4.69) is 13.8 Å². The lowest BCUT2D eigenvalue weighted by Gasteiger charge is -2.09. The topological polar surface area (TPSA) is 35.5 Å². The molecule has 0 atom stereocenters. The maximum Gasteiger partial charge on any atom is 0.343 e. The van der Waals surface area contributed by atoms with Crippen LogP contribution in [0.1, 0.15) is 68.3 Å². The van der Waals surface area contributed by atoms with Gasteiger partial charge >= 0.3 is 5.97 Å². The van der Waals surface area contributed by atoms with Gasteiger partial charge in [-0.2, -0.15) is 0 Å². The van der Waals surface area contributed by atoms with Gasteiger partial charge < -0.3 is 9.47 Å². The highest BCUT2D eigenvalue weighted by Crippen LogP contribution is 2.27. The Bertz CT molecular complexity index is 1330. The predicted molar refractivity (Wildman–Crippen MR) is 157 cm³/mol. The van der Waals surface area contributed by atoms with Gasteiger partial charge in [-0.15, -0.1) is 0 Å². The van der Waals surface area contributed by atoms with Gasteiger partial charge in [-0.3, -0.25) is 0 Å². The van der Waals surface area contributed by atoms with Gasteiger partial charge in [-0.25, -0.2) is 9.18 Å². The molecule has 0 aliphatic rings. The molecule has 0 heterocycles. The summed E-state index contributed by atoms with van der Waals surface area (Å²) in [4.78, 5) is 12.7. The molecule has 0 aliphatic heterocycles. The second-order valence-corrected chi connectivity index (χ2v) is 9.84. The van der Waals surface area contributed by atoms with Crippen molar-refractivity contribution in [3.05, 3.63) is 108 Å². The van der Waals surface area contributed by atoms with Gasteiger partial charge in [-0.05, 0) is 77.9 Å². The van der Waals surface area contributed by atoms with Crippen LogP contribution in [0.5, 0.6) is 11.5 Å². The van der Waals surface area contributed by atoms with E-state index in [1.165, 1.54) is 37.3 Å². The van der Waals surface area contributed by atoms with E-state index in [1.807, 2.05) is 60.7 Å². The molecule has 0 amide bonds. The zero-order chi connectivity index (χ0) is 27.5. The lowest BCUT2D eigenvalue weighted by Crippen LogP contribution is -2.09. The minimum atomic E-state index is -0.593. The summed E-state index contributed by atoms with van der Waals surface area (Å²) in [5, 5.41) is 0. The van der Waals surface area contributed by atoms with Gasteiger partial charge in [0.2, 0.25) is 0 Å². The molecule has 39 heavy (non-hydrogen) atoms. The fourth-order valence-corrected chi connectivity index (χ4v) is 4.47. The van der Waals surface area contributed by atoms with Crippen LogP contribution < -0.4 is 9.47 Å². The average Bonchev–Trinajstić information content (AvgIpc) is 2.97. The molecular formula is C35H37FO3. The molecule has 0 saturated carbocycles. The largest absolute Gasteiger partial charge is 0.494 e. The normalized spacial score (nSPS) is 10.8. The highest BCUT2D eigenvalue weighted by molar-refractivity contribution is 5.91. The minimum Gasteiger partial charge on any atom is -0.494 e. The molecule has 0 unspecified atom stereocenters. The number of hydrogen-bond donors (Lipinski definition) is 0.